The Balaban J connectivity index is 1.81. The first-order chi connectivity index (χ1) is 13.4. The molecule has 6 heteroatoms. The van der Waals surface area contributed by atoms with Gasteiger partial charge in [-0.3, -0.25) is 9.59 Å². The summed E-state index contributed by atoms with van der Waals surface area (Å²) in [4.78, 5) is 25.7. The highest BCUT2D eigenvalue weighted by molar-refractivity contribution is 6.08. The number of nitrogens with zero attached hydrogens (tertiary/aromatic N) is 1. The van der Waals surface area contributed by atoms with Crippen molar-refractivity contribution in [3.8, 4) is 0 Å². The molecule has 28 heavy (non-hydrogen) atoms. The number of amides is 1. The molecule has 1 aromatic heterocycles. The van der Waals surface area contributed by atoms with Gasteiger partial charge in [0.05, 0.1) is 17.0 Å². The van der Waals surface area contributed by atoms with E-state index in [1.165, 1.54) is 35.9 Å². The fourth-order valence-corrected chi connectivity index (χ4v) is 3.74. The van der Waals surface area contributed by atoms with Crippen molar-refractivity contribution in [3.05, 3.63) is 81.3 Å². The summed E-state index contributed by atoms with van der Waals surface area (Å²) in [6, 6.07) is 10.1. The fraction of sp³-hybridized carbons (Fsp3) is 0.273. The van der Waals surface area contributed by atoms with E-state index in [0.717, 1.165) is 12.8 Å². The average molecular weight is 382 g/mol. The van der Waals surface area contributed by atoms with E-state index in [4.69, 9.17) is 0 Å². The number of hydrogen-bond donors (Lipinski definition) is 1. The molecule has 0 spiro atoms. The van der Waals surface area contributed by atoms with E-state index >= 15 is 0 Å². The highest BCUT2D eigenvalue weighted by Crippen LogP contribution is 2.41. The van der Waals surface area contributed by atoms with E-state index in [2.05, 4.69) is 5.32 Å². The van der Waals surface area contributed by atoms with Gasteiger partial charge < -0.3 is 9.88 Å². The summed E-state index contributed by atoms with van der Waals surface area (Å²) in [7, 11) is 1.52. The zero-order valence-electron chi connectivity index (χ0n) is 15.6. The minimum atomic E-state index is -0.656. The Morgan fingerprint density at radius 3 is 2.57 bits per heavy atom. The van der Waals surface area contributed by atoms with Crippen LogP contribution in [0.4, 0.5) is 8.78 Å². The van der Waals surface area contributed by atoms with Gasteiger partial charge in [0, 0.05) is 18.1 Å². The molecule has 4 rings (SSSR count). The molecule has 0 unspecified atom stereocenters. The molecule has 0 bridgehead atoms. The molecule has 144 valence electrons. The Bertz CT molecular complexity index is 1150. The number of rotatable bonds is 4. The Hall–Kier alpha value is -3.02. The summed E-state index contributed by atoms with van der Waals surface area (Å²) in [6.45, 7) is 1.66. The molecular weight excluding hydrogens is 362 g/mol. The number of benzene rings is 2. The van der Waals surface area contributed by atoms with Crippen molar-refractivity contribution in [1.29, 1.82) is 0 Å². The van der Waals surface area contributed by atoms with Crippen molar-refractivity contribution in [2.24, 2.45) is 13.0 Å². The molecular formula is C22H20F2N2O2. The first-order valence-corrected chi connectivity index (χ1v) is 9.22. The van der Waals surface area contributed by atoms with Crippen LogP contribution in [0.5, 0.6) is 0 Å². The summed E-state index contributed by atoms with van der Waals surface area (Å²) in [6.07, 6.45) is 1.90. The quantitative estimate of drug-likeness (QED) is 0.741. The van der Waals surface area contributed by atoms with Crippen LogP contribution in [-0.4, -0.2) is 10.5 Å². The largest absolute Gasteiger partial charge is 0.345 e. The first kappa shape index (κ1) is 18.3. The van der Waals surface area contributed by atoms with Gasteiger partial charge in [0.15, 0.2) is 0 Å². The van der Waals surface area contributed by atoms with Crippen molar-refractivity contribution < 1.29 is 13.6 Å². The van der Waals surface area contributed by atoms with Crippen molar-refractivity contribution in [1.82, 2.24) is 9.88 Å². The highest BCUT2D eigenvalue weighted by atomic mass is 19.1. The number of hydrogen-bond acceptors (Lipinski definition) is 2. The number of fused-ring (bicyclic) bond motifs is 1. The summed E-state index contributed by atoms with van der Waals surface area (Å²) in [5.41, 5.74) is 0.938. The van der Waals surface area contributed by atoms with Crippen LogP contribution >= 0.6 is 0 Å². The molecule has 0 radical (unpaired) electrons. The van der Waals surface area contributed by atoms with E-state index in [0.29, 0.717) is 11.3 Å². The molecule has 1 fully saturated rings. The molecule has 1 heterocycles. The average Bonchev–Trinajstić information content (AvgIpc) is 3.49. The lowest BCUT2D eigenvalue weighted by Gasteiger charge is -2.21. The van der Waals surface area contributed by atoms with Crippen LogP contribution in [0.1, 0.15) is 40.5 Å². The van der Waals surface area contributed by atoms with E-state index in [1.807, 2.05) is 0 Å². The lowest BCUT2D eigenvalue weighted by molar-refractivity contribution is 0.0931. The summed E-state index contributed by atoms with van der Waals surface area (Å²) < 4.78 is 29.3. The number of aromatic nitrogens is 1. The molecule has 4 nitrogen and oxygen atoms in total. The third kappa shape index (κ3) is 3.09. The molecule has 1 aliphatic rings. The van der Waals surface area contributed by atoms with Gasteiger partial charge >= 0.3 is 0 Å². The lowest BCUT2D eigenvalue weighted by Crippen LogP contribution is -2.33. The third-order valence-corrected chi connectivity index (χ3v) is 5.48. The maximum absolute atomic E-state index is 14.3. The summed E-state index contributed by atoms with van der Waals surface area (Å²) >= 11 is 0. The molecule has 1 N–H and O–H groups in total. The Morgan fingerprint density at radius 2 is 1.89 bits per heavy atom. The SMILES string of the molecule is Cc1c(C(=O)N[C@H](c2cccc(F)c2)C2CC2)c2cccc(F)c2c(=O)n1C. The normalized spacial score (nSPS) is 14.9. The van der Waals surface area contributed by atoms with Gasteiger partial charge in [-0.25, -0.2) is 8.78 Å². The van der Waals surface area contributed by atoms with E-state index in [1.54, 1.807) is 25.1 Å². The van der Waals surface area contributed by atoms with Crippen LogP contribution in [0, 0.1) is 24.5 Å². The van der Waals surface area contributed by atoms with Crippen molar-refractivity contribution in [2.75, 3.05) is 0 Å². The number of nitrogens with one attached hydrogen (secondary N) is 1. The molecule has 1 saturated carbocycles. The Morgan fingerprint density at radius 1 is 1.18 bits per heavy atom. The van der Waals surface area contributed by atoms with Gasteiger partial charge in [0.1, 0.15) is 11.6 Å². The van der Waals surface area contributed by atoms with E-state index < -0.39 is 17.3 Å². The predicted octanol–water partition coefficient (Wildman–Crippen LogP) is 4.01. The maximum atomic E-state index is 14.3. The van der Waals surface area contributed by atoms with Crippen molar-refractivity contribution in [3.63, 3.8) is 0 Å². The van der Waals surface area contributed by atoms with Gasteiger partial charge in [-0.2, -0.15) is 0 Å². The summed E-state index contributed by atoms with van der Waals surface area (Å²) in [5, 5.41) is 3.18. The van der Waals surface area contributed by atoms with Gasteiger partial charge in [-0.1, -0.05) is 24.3 Å². The molecule has 1 amide bonds. The monoisotopic (exact) mass is 382 g/mol. The molecule has 0 saturated heterocycles. The van der Waals surface area contributed by atoms with Crippen molar-refractivity contribution in [2.45, 2.75) is 25.8 Å². The van der Waals surface area contributed by atoms with Gasteiger partial charge in [0.25, 0.3) is 11.5 Å². The van der Waals surface area contributed by atoms with Gasteiger partial charge in [-0.15, -0.1) is 0 Å². The molecule has 1 aliphatic carbocycles. The van der Waals surface area contributed by atoms with Crippen LogP contribution in [0.2, 0.25) is 0 Å². The Kier molecular flexibility index (Phi) is 4.49. The number of halogens is 2. The smallest absolute Gasteiger partial charge is 0.261 e. The molecule has 0 aliphatic heterocycles. The standard InChI is InChI=1S/C22H20F2N2O2/c1-12-18(16-7-4-8-17(24)19(16)22(28)26(12)2)21(27)25-20(13-9-10-13)14-5-3-6-15(23)11-14/h3-8,11,13,20H,9-10H2,1-2H3,(H,25,27)/t20-/m0/s1. The lowest BCUT2D eigenvalue weighted by atomic mass is 9.99. The van der Waals surface area contributed by atoms with E-state index in [-0.39, 0.29) is 34.1 Å². The maximum Gasteiger partial charge on any atom is 0.261 e. The predicted molar refractivity (Wildman–Crippen MR) is 103 cm³/mol. The van der Waals surface area contributed by atoms with Crippen LogP contribution in [-0.2, 0) is 7.05 Å². The minimum Gasteiger partial charge on any atom is -0.345 e. The minimum absolute atomic E-state index is 0.102. The van der Waals surface area contributed by atoms with Crippen LogP contribution < -0.4 is 10.9 Å². The number of carbonyl (C=O) groups excluding carboxylic acids is 1. The second-order valence-electron chi connectivity index (χ2n) is 7.33. The second kappa shape index (κ2) is 6.86. The summed E-state index contributed by atoms with van der Waals surface area (Å²) in [5.74, 6) is -1.18. The third-order valence-electron chi connectivity index (χ3n) is 5.48. The molecule has 3 aromatic rings. The first-order valence-electron chi connectivity index (χ1n) is 9.22. The number of pyridine rings is 1. The van der Waals surface area contributed by atoms with Crippen LogP contribution in [0.25, 0.3) is 10.8 Å². The zero-order valence-corrected chi connectivity index (χ0v) is 15.6. The van der Waals surface area contributed by atoms with Crippen molar-refractivity contribution >= 4 is 16.7 Å². The molecule has 1 atom stereocenters. The van der Waals surface area contributed by atoms with Crippen LogP contribution in [0.3, 0.4) is 0 Å². The fourth-order valence-electron chi connectivity index (χ4n) is 3.74. The van der Waals surface area contributed by atoms with Gasteiger partial charge in [0.2, 0.25) is 0 Å². The molecule has 2 aromatic carbocycles. The Labute approximate surface area is 160 Å². The second-order valence-corrected chi connectivity index (χ2v) is 7.33. The van der Waals surface area contributed by atoms with Crippen LogP contribution in [0.15, 0.2) is 47.3 Å². The number of carbonyl (C=O) groups is 1. The zero-order chi connectivity index (χ0) is 20.0. The van der Waals surface area contributed by atoms with Gasteiger partial charge in [-0.05, 0) is 49.4 Å². The van der Waals surface area contributed by atoms with E-state index in [9.17, 15) is 18.4 Å². The topological polar surface area (TPSA) is 51.1 Å². The highest BCUT2D eigenvalue weighted by Gasteiger charge is 2.34.